The summed E-state index contributed by atoms with van der Waals surface area (Å²) in [5, 5.41) is 0. The Hall–Kier alpha value is -0.120. The van der Waals surface area contributed by atoms with Crippen LogP contribution in [0.25, 0.3) is 0 Å². The number of piperazine rings is 1. The third-order valence-corrected chi connectivity index (χ3v) is 4.90. The van der Waals surface area contributed by atoms with Gasteiger partial charge in [-0.3, -0.25) is 14.7 Å². The van der Waals surface area contributed by atoms with Gasteiger partial charge in [-0.05, 0) is 32.1 Å². The largest absolute Gasteiger partial charge is 0.296 e. The lowest BCUT2D eigenvalue weighted by molar-refractivity contribution is -0.0329. The van der Waals surface area contributed by atoms with Gasteiger partial charge in [0.25, 0.3) is 0 Å². The first-order valence-corrected chi connectivity index (χ1v) is 7.86. The molecule has 0 atom stereocenters. The highest BCUT2D eigenvalue weighted by atomic mass is 15.4. The summed E-state index contributed by atoms with van der Waals surface area (Å²) in [4.78, 5) is 7.85. The maximum absolute atomic E-state index is 2.63. The van der Waals surface area contributed by atoms with Gasteiger partial charge in [0, 0.05) is 44.8 Å². The second kappa shape index (κ2) is 5.34. The third-order valence-electron chi connectivity index (χ3n) is 4.90. The predicted octanol–water partition coefficient (Wildman–Crippen LogP) is 2.34. The first kappa shape index (κ1) is 15.3. The minimum Gasteiger partial charge on any atom is -0.296 e. The average Bonchev–Trinajstić information content (AvgIpc) is 2.20. The molecule has 0 aromatic rings. The maximum Gasteiger partial charge on any atom is 0.0507 e. The van der Waals surface area contributed by atoms with Crippen LogP contribution in [0.5, 0.6) is 0 Å². The highest BCUT2D eigenvalue weighted by Crippen LogP contribution is 2.33. The summed E-state index contributed by atoms with van der Waals surface area (Å²) in [6.07, 6.45) is 0. The first-order valence-electron chi connectivity index (χ1n) is 7.86. The first-order chi connectivity index (χ1) is 8.66. The van der Waals surface area contributed by atoms with E-state index < -0.39 is 0 Å². The molecule has 2 aliphatic heterocycles. The van der Waals surface area contributed by atoms with Crippen molar-refractivity contribution in [3.05, 3.63) is 0 Å². The summed E-state index contributed by atoms with van der Waals surface area (Å²) in [6, 6.07) is 0. The van der Waals surface area contributed by atoms with Crippen LogP contribution in [0.4, 0.5) is 0 Å². The van der Waals surface area contributed by atoms with E-state index in [-0.39, 0.29) is 0 Å². The van der Waals surface area contributed by atoms with Crippen LogP contribution in [0.3, 0.4) is 0 Å². The Morgan fingerprint density at radius 2 is 1.32 bits per heavy atom. The molecule has 2 rings (SSSR count). The van der Waals surface area contributed by atoms with Crippen LogP contribution in [0, 0.1) is 11.3 Å². The van der Waals surface area contributed by atoms with Crippen LogP contribution in [-0.2, 0) is 0 Å². The second-order valence-corrected chi connectivity index (χ2v) is 8.52. The fourth-order valence-corrected chi connectivity index (χ4v) is 3.08. The quantitative estimate of drug-likeness (QED) is 0.760. The molecule has 3 heteroatoms. The predicted molar refractivity (Wildman–Crippen MR) is 82.3 cm³/mol. The zero-order valence-corrected chi connectivity index (χ0v) is 13.9. The molecule has 0 unspecified atom stereocenters. The van der Waals surface area contributed by atoms with E-state index in [0.717, 1.165) is 5.92 Å². The molecule has 0 amide bonds. The molecule has 0 spiro atoms. The zero-order chi connectivity index (χ0) is 14.3. The molecule has 0 aromatic heterocycles. The molecule has 3 nitrogen and oxygen atoms in total. The van der Waals surface area contributed by atoms with Crippen molar-refractivity contribution in [2.24, 2.45) is 11.3 Å². The monoisotopic (exact) mass is 267 g/mol. The van der Waals surface area contributed by atoms with Gasteiger partial charge in [0.1, 0.15) is 0 Å². The minimum absolute atomic E-state index is 0.334. The number of nitrogens with zero attached hydrogens (tertiary/aromatic N) is 3. The molecular formula is C16H33N3. The van der Waals surface area contributed by atoms with Crippen LogP contribution in [0.2, 0.25) is 0 Å². The highest BCUT2D eigenvalue weighted by molar-refractivity contribution is 4.89. The summed E-state index contributed by atoms with van der Waals surface area (Å²) < 4.78 is 0. The number of likely N-dealkylation sites (tertiary alicyclic amines) is 1. The molecule has 0 bridgehead atoms. The Morgan fingerprint density at radius 3 is 1.74 bits per heavy atom. The summed E-state index contributed by atoms with van der Waals surface area (Å²) >= 11 is 0. The Morgan fingerprint density at radius 1 is 0.789 bits per heavy atom. The van der Waals surface area contributed by atoms with E-state index in [9.17, 15) is 0 Å². The molecule has 0 N–H and O–H groups in total. The zero-order valence-electron chi connectivity index (χ0n) is 13.9. The molecule has 2 saturated heterocycles. The molecular weight excluding hydrogens is 234 g/mol. The summed E-state index contributed by atoms with van der Waals surface area (Å²) in [6.45, 7) is 22.8. The van der Waals surface area contributed by atoms with Gasteiger partial charge in [0.2, 0.25) is 0 Å². The number of hydrogen-bond acceptors (Lipinski definition) is 3. The average molecular weight is 267 g/mol. The van der Waals surface area contributed by atoms with Gasteiger partial charge in [0.05, 0.1) is 6.67 Å². The van der Waals surface area contributed by atoms with E-state index in [1.165, 1.54) is 45.9 Å². The lowest BCUT2D eigenvalue weighted by Gasteiger charge is -2.49. The Balaban J connectivity index is 1.68. The lowest BCUT2D eigenvalue weighted by Crippen LogP contribution is -2.59. The van der Waals surface area contributed by atoms with Crippen LogP contribution >= 0.6 is 0 Å². The van der Waals surface area contributed by atoms with Gasteiger partial charge < -0.3 is 0 Å². The van der Waals surface area contributed by atoms with Gasteiger partial charge in [-0.2, -0.15) is 0 Å². The van der Waals surface area contributed by atoms with Crippen molar-refractivity contribution in [3.63, 3.8) is 0 Å². The fourth-order valence-electron chi connectivity index (χ4n) is 3.08. The van der Waals surface area contributed by atoms with Crippen molar-refractivity contribution in [3.8, 4) is 0 Å². The van der Waals surface area contributed by atoms with Gasteiger partial charge in [-0.25, -0.2) is 0 Å². The SMILES string of the molecule is CC(C)(C)C1CN(CN2CCN(C(C)(C)C)CC2)C1. The molecule has 2 fully saturated rings. The molecule has 0 aromatic carbocycles. The Kier molecular flexibility index (Phi) is 4.29. The Bertz CT molecular complexity index is 286. The minimum atomic E-state index is 0.334. The van der Waals surface area contributed by atoms with Crippen molar-refractivity contribution in [1.82, 2.24) is 14.7 Å². The number of rotatable bonds is 2. The molecule has 0 aliphatic carbocycles. The topological polar surface area (TPSA) is 9.72 Å². The molecule has 0 saturated carbocycles. The second-order valence-electron chi connectivity index (χ2n) is 8.52. The normalized spacial score (nSPS) is 25.6. The Labute approximate surface area is 119 Å². The van der Waals surface area contributed by atoms with Crippen LogP contribution in [0.1, 0.15) is 41.5 Å². The van der Waals surface area contributed by atoms with Crippen molar-refractivity contribution >= 4 is 0 Å². The van der Waals surface area contributed by atoms with Crippen LogP contribution < -0.4 is 0 Å². The van der Waals surface area contributed by atoms with E-state index in [1.807, 2.05) is 0 Å². The molecule has 2 heterocycles. The highest BCUT2D eigenvalue weighted by Gasteiger charge is 2.36. The van der Waals surface area contributed by atoms with Crippen molar-refractivity contribution in [1.29, 1.82) is 0 Å². The summed E-state index contributed by atoms with van der Waals surface area (Å²) in [7, 11) is 0. The van der Waals surface area contributed by atoms with Crippen LogP contribution in [-0.4, -0.2) is 66.2 Å². The van der Waals surface area contributed by atoms with E-state index in [4.69, 9.17) is 0 Å². The third kappa shape index (κ3) is 3.93. The standard InChI is InChI=1S/C16H33N3/c1-15(2,3)14-11-18(12-14)13-17-7-9-19(10-8-17)16(4,5)6/h14H,7-13H2,1-6H3. The number of hydrogen-bond donors (Lipinski definition) is 0. The van der Waals surface area contributed by atoms with Gasteiger partial charge in [0.15, 0.2) is 0 Å². The molecule has 19 heavy (non-hydrogen) atoms. The van der Waals surface area contributed by atoms with Gasteiger partial charge >= 0.3 is 0 Å². The van der Waals surface area contributed by atoms with Crippen LogP contribution in [0.15, 0.2) is 0 Å². The van der Waals surface area contributed by atoms with E-state index in [1.54, 1.807) is 0 Å². The molecule has 2 aliphatic rings. The lowest BCUT2D eigenvalue weighted by atomic mass is 9.76. The molecule has 112 valence electrons. The van der Waals surface area contributed by atoms with Gasteiger partial charge in [-0.1, -0.05) is 20.8 Å². The fraction of sp³-hybridized carbons (Fsp3) is 1.00. The maximum atomic E-state index is 2.63. The summed E-state index contributed by atoms with van der Waals surface area (Å²) in [5.74, 6) is 0.892. The smallest absolute Gasteiger partial charge is 0.0507 e. The molecule has 0 radical (unpaired) electrons. The van der Waals surface area contributed by atoms with Crippen molar-refractivity contribution in [2.45, 2.75) is 47.1 Å². The van der Waals surface area contributed by atoms with E-state index in [0.29, 0.717) is 11.0 Å². The van der Waals surface area contributed by atoms with Crippen molar-refractivity contribution in [2.75, 3.05) is 45.9 Å². The summed E-state index contributed by atoms with van der Waals surface area (Å²) in [5.41, 5.74) is 0.821. The van der Waals surface area contributed by atoms with E-state index in [2.05, 4.69) is 56.2 Å². The van der Waals surface area contributed by atoms with E-state index >= 15 is 0 Å². The van der Waals surface area contributed by atoms with Gasteiger partial charge in [-0.15, -0.1) is 0 Å². The van der Waals surface area contributed by atoms with Crippen molar-refractivity contribution < 1.29 is 0 Å².